The molecule has 0 heterocycles. The van der Waals surface area contributed by atoms with Gasteiger partial charge in [-0.25, -0.2) is 4.79 Å². The minimum absolute atomic E-state index is 0.207. The molecule has 0 radical (unpaired) electrons. The second-order valence-corrected chi connectivity index (χ2v) is 7.34. The Morgan fingerprint density at radius 2 is 2.00 bits per heavy atom. The van der Waals surface area contributed by atoms with Crippen LogP contribution in [0.2, 0.25) is 0 Å². The van der Waals surface area contributed by atoms with Crippen LogP contribution in [-0.4, -0.2) is 36.4 Å². The van der Waals surface area contributed by atoms with Gasteiger partial charge in [0, 0.05) is 19.7 Å². The summed E-state index contributed by atoms with van der Waals surface area (Å²) in [5.74, 6) is 0. The van der Waals surface area contributed by atoms with Crippen molar-refractivity contribution in [2.75, 3.05) is 13.7 Å². The topological polar surface area (TPSA) is 38.8 Å². The van der Waals surface area contributed by atoms with Crippen molar-refractivity contribution in [1.82, 2.24) is 4.90 Å². The lowest BCUT2D eigenvalue weighted by Gasteiger charge is -2.28. The normalized spacial score (nSPS) is 14.7. The number of hydrogen-bond donors (Lipinski definition) is 0. The van der Waals surface area contributed by atoms with Crippen molar-refractivity contribution in [3.63, 3.8) is 0 Å². The Kier molecular flexibility index (Phi) is 5.69. The van der Waals surface area contributed by atoms with Gasteiger partial charge in [0.2, 0.25) is 0 Å². The average Bonchev–Trinajstić information content (AvgIpc) is 3.27. The van der Waals surface area contributed by atoms with Gasteiger partial charge in [0.1, 0.15) is 5.60 Å². The van der Waals surface area contributed by atoms with Crippen LogP contribution in [0.15, 0.2) is 18.2 Å². The third kappa shape index (κ3) is 5.54. The number of amides is 1. The molecule has 0 aromatic heterocycles. The second-order valence-electron chi connectivity index (χ2n) is 7.34. The van der Waals surface area contributed by atoms with E-state index in [4.69, 9.17) is 9.47 Å². The quantitative estimate of drug-likeness (QED) is 0.793. The fourth-order valence-electron chi connectivity index (χ4n) is 2.50. The molecule has 0 atom stereocenters. The lowest BCUT2D eigenvalue weighted by Crippen LogP contribution is -2.38. The van der Waals surface area contributed by atoms with Gasteiger partial charge in [-0.3, -0.25) is 0 Å². The van der Waals surface area contributed by atoms with Gasteiger partial charge < -0.3 is 14.4 Å². The summed E-state index contributed by atoms with van der Waals surface area (Å²) in [6.45, 7) is 9.15. The minimum atomic E-state index is -0.459. The highest BCUT2D eigenvalue weighted by molar-refractivity contribution is 5.69. The van der Waals surface area contributed by atoms with Crippen LogP contribution in [0.3, 0.4) is 0 Å². The molecule has 0 N–H and O–H groups in total. The van der Waals surface area contributed by atoms with Crippen molar-refractivity contribution in [1.29, 1.82) is 0 Å². The van der Waals surface area contributed by atoms with E-state index >= 15 is 0 Å². The molecular formula is C19H29NO3. The first kappa shape index (κ1) is 17.8. The monoisotopic (exact) mass is 319 g/mol. The molecule has 4 heteroatoms. The zero-order valence-corrected chi connectivity index (χ0v) is 15.0. The van der Waals surface area contributed by atoms with Crippen molar-refractivity contribution in [3.05, 3.63) is 34.9 Å². The van der Waals surface area contributed by atoms with Crippen molar-refractivity contribution < 1.29 is 14.3 Å². The van der Waals surface area contributed by atoms with E-state index in [9.17, 15) is 4.79 Å². The second kappa shape index (κ2) is 7.35. The van der Waals surface area contributed by atoms with Gasteiger partial charge in [0.25, 0.3) is 0 Å². The number of carbonyl (C=O) groups is 1. The SMILES string of the molecule is COCCc1ccc(C)c(CN(C(=O)OC(C)(C)C)C2CC2)c1. The smallest absolute Gasteiger partial charge is 0.410 e. The number of ether oxygens (including phenoxy) is 2. The van der Waals surface area contributed by atoms with E-state index in [2.05, 4.69) is 25.1 Å². The molecule has 1 aliphatic carbocycles. The highest BCUT2D eigenvalue weighted by Crippen LogP contribution is 2.30. The van der Waals surface area contributed by atoms with Crippen LogP contribution in [0.4, 0.5) is 4.79 Å². The van der Waals surface area contributed by atoms with E-state index in [1.165, 1.54) is 16.7 Å². The van der Waals surface area contributed by atoms with Gasteiger partial charge in [0.15, 0.2) is 0 Å². The lowest BCUT2D eigenvalue weighted by atomic mass is 10.0. The van der Waals surface area contributed by atoms with E-state index < -0.39 is 5.60 Å². The van der Waals surface area contributed by atoms with Crippen LogP contribution in [0.5, 0.6) is 0 Å². The molecule has 1 aliphatic rings. The Morgan fingerprint density at radius 1 is 1.30 bits per heavy atom. The summed E-state index contributed by atoms with van der Waals surface area (Å²) >= 11 is 0. The Labute approximate surface area is 139 Å². The molecule has 1 fully saturated rings. The summed E-state index contributed by atoms with van der Waals surface area (Å²) in [7, 11) is 1.71. The molecule has 23 heavy (non-hydrogen) atoms. The van der Waals surface area contributed by atoms with Crippen LogP contribution < -0.4 is 0 Å². The summed E-state index contributed by atoms with van der Waals surface area (Å²) in [6.07, 6.45) is 2.82. The Hall–Kier alpha value is -1.55. The standard InChI is InChI=1S/C19H29NO3/c1-14-6-7-15(10-11-22-5)12-16(14)13-20(17-8-9-17)18(21)23-19(2,3)4/h6-7,12,17H,8-11,13H2,1-5H3. The molecule has 0 aliphatic heterocycles. The molecule has 1 saturated carbocycles. The molecule has 1 amide bonds. The summed E-state index contributed by atoms with van der Waals surface area (Å²) in [4.78, 5) is 14.4. The van der Waals surface area contributed by atoms with Crippen LogP contribution in [0, 0.1) is 6.92 Å². The first-order chi connectivity index (χ1) is 10.8. The van der Waals surface area contributed by atoms with E-state index in [1.807, 2.05) is 25.7 Å². The number of hydrogen-bond acceptors (Lipinski definition) is 3. The Bertz CT molecular complexity index is 544. The van der Waals surface area contributed by atoms with Crippen LogP contribution in [0.25, 0.3) is 0 Å². The molecule has 2 rings (SSSR count). The zero-order valence-electron chi connectivity index (χ0n) is 15.0. The van der Waals surface area contributed by atoms with Crippen molar-refractivity contribution in [3.8, 4) is 0 Å². The minimum Gasteiger partial charge on any atom is -0.444 e. The summed E-state index contributed by atoms with van der Waals surface area (Å²) < 4.78 is 10.7. The number of nitrogens with zero attached hydrogens (tertiary/aromatic N) is 1. The van der Waals surface area contributed by atoms with Crippen LogP contribution >= 0.6 is 0 Å². The third-order valence-corrected chi connectivity index (χ3v) is 3.96. The molecule has 1 aromatic carbocycles. The molecule has 0 saturated heterocycles. The lowest BCUT2D eigenvalue weighted by molar-refractivity contribution is 0.0216. The number of benzene rings is 1. The number of methoxy groups -OCH3 is 1. The van der Waals surface area contributed by atoms with Gasteiger partial charge in [-0.1, -0.05) is 18.2 Å². The maximum absolute atomic E-state index is 12.5. The average molecular weight is 319 g/mol. The van der Waals surface area contributed by atoms with Crippen LogP contribution in [0.1, 0.15) is 50.3 Å². The van der Waals surface area contributed by atoms with E-state index in [0.29, 0.717) is 19.2 Å². The molecule has 0 unspecified atom stereocenters. The molecule has 1 aromatic rings. The maximum atomic E-state index is 12.5. The molecule has 128 valence electrons. The predicted molar refractivity (Wildman–Crippen MR) is 91.6 cm³/mol. The summed E-state index contributed by atoms with van der Waals surface area (Å²) in [6, 6.07) is 6.77. The zero-order chi connectivity index (χ0) is 17.0. The number of carbonyl (C=O) groups excluding carboxylic acids is 1. The van der Waals surface area contributed by atoms with E-state index in [-0.39, 0.29) is 6.09 Å². The van der Waals surface area contributed by atoms with Gasteiger partial charge in [0.05, 0.1) is 6.61 Å². The third-order valence-electron chi connectivity index (χ3n) is 3.96. The maximum Gasteiger partial charge on any atom is 0.410 e. The largest absolute Gasteiger partial charge is 0.444 e. The van der Waals surface area contributed by atoms with Crippen molar-refractivity contribution in [2.45, 2.75) is 65.1 Å². The Balaban J connectivity index is 2.12. The van der Waals surface area contributed by atoms with Crippen molar-refractivity contribution >= 4 is 6.09 Å². The van der Waals surface area contributed by atoms with E-state index in [1.54, 1.807) is 7.11 Å². The fraction of sp³-hybridized carbons (Fsp3) is 0.632. The van der Waals surface area contributed by atoms with Gasteiger partial charge in [-0.05, 0) is 63.6 Å². The predicted octanol–water partition coefficient (Wildman–Crippen LogP) is 4.08. The molecule has 4 nitrogen and oxygen atoms in total. The van der Waals surface area contributed by atoms with Crippen LogP contribution in [-0.2, 0) is 22.4 Å². The van der Waals surface area contributed by atoms with Crippen molar-refractivity contribution in [2.24, 2.45) is 0 Å². The van der Waals surface area contributed by atoms with Gasteiger partial charge in [-0.2, -0.15) is 0 Å². The van der Waals surface area contributed by atoms with Gasteiger partial charge in [-0.15, -0.1) is 0 Å². The highest BCUT2D eigenvalue weighted by atomic mass is 16.6. The van der Waals surface area contributed by atoms with E-state index in [0.717, 1.165) is 19.3 Å². The molecule has 0 bridgehead atoms. The number of aryl methyl sites for hydroxylation is 1. The Morgan fingerprint density at radius 3 is 2.57 bits per heavy atom. The summed E-state index contributed by atoms with van der Waals surface area (Å²) in [5.41, 5.74) is 3.18. The van der Waals surface area contributed by atoms with Gasteiger partial charge >= 0.3 is 6.09 Å². The molecular weight excluding hydrogens is 290 g/mol. The highest BCUT2D eigenvalue weighted by Gasteiger charge is 2.35. The molecule has 0 spiro atoms. The number of rotatable bonds is 6. The first-order valence-electron chi connectivity index (χ1n) is 8.37. The fourth-order valence-corrected chi connectivity index (χ4v) is 2.50. The first-order valence-corrected chi connectivity index (χ1v) is 8.37. The summed E-state index contributed by atoms with van der Waals surface area (Å²) in [5, 5.41) is 0.